The number of esters is 1. The van der Waals surface area contributed by atoms with Gasteiger partial charge in [-0.1, -0.05) is 101 Å². The molecule has 2 saturated heterocycles. The van der Waals surface area contributed by atoms with Crippen LogP contribution in [0.4, 0.5) is 4.79 Å². The van der Waals surface area contributed by atoms with Crippen LogP contribution in [0.2, 0.25) is 0 Å². The third-order valence-corrected chi connectivity index (χ3v) is 12.4. The first-order valence-corrected chi connectivity index (χ1v) is 24.5. The van der Waals surface area contributed by atoms with E-state index in [0.29, 0.717) is 51.5 Å². The highest BCUT2D eigenvalue weighted by atomic mass is 16.6. The van der Waals surface area contributed by atoms with Crippen LogP contribution in [0.1, 0.15) is 132 Å². The van der Waals surface area contributed by atoms with E-state index in [1.807, 2.05) is 123 Å². The number of hydrogen-bond acceptors (Lipinski definition) is 9. The molecule has 375 valence electrons. The topological polar surface area (TPSA) is 195 Å². The van der Waals surface area contributed by atoms with Crippen molar-refractivity contribution in [3.63, 3.8) is 0 Å². The SMILES string of the molecule is CC(C)C[C@@H](/C=C/[C@H](Cc1ccccc1)C(=O)N1CCC[C@H]1C(=O)N[C@H](C(=O)N[C@@H](CCCNC(=O)OCc1ccccc1)C(=O)NC1CC(C)(C)N([O])C(C)(C)C1)C(C)C)C(=O)OC(C)(C)C. The minimum atomic E-state index is -1.06. The Hall–Kier alpha value is -5.28. The van der Waals surface area contributed by atoms with Crippen LogP contribution in [0.25, 0.3) is 0 Å². The molecule has 15 nitrogen and oxygen atoms in total. The van der Waals surface area contributed by atoms with Crippen LogP contribution < -0.4 is 21.3 Å². The van der Waals surface area contributed by atoms with Crippen LogP contribution in [-0.4, -0.2) is 99.6 Å². The van der Waals surface area contributed by atoms with Gasteiger partial charge in [-0.3, -0.25) is 24.0 Å². The number of rotatable bonds is 21. The van der Waals surface area contributed by atoms with Crippen molar-refractivity contribution in [1.82, 2.24) is 31.2 Å². The van der Waals surface area contributed by atoms with E-state index in [9.17, 15) is 34.0 Å². The monoisotopic (exact) mass is 944 g/mol. The van der Waals surface area contributed by atoms with Crippen LogP contribution in [0.5, 0.6) is 0 Å². The average molecular weight is 944 g/mol. The summed E-state index contributed by atoms with van der Waals surface area (Å²) in [4.78, 5) is 84.7. The molecule has 0 bridgehead atoms. The van der Waals surface area contributed by atoms with Crippen LogP contribution in [0, 0.1) is 23.7 Å². The fourth-order valence-electron chi connectivity index (χ4n) is 9.28. The molecule has 5 amide bonds. The van der Waals surface area contributed by atoms with Gasteiger partial charge in [0.05, 0.1) is 11.8 Å². The fourth-order valence-corrected chi connectivity index (χ4v) is 9.28. The molecule has 5 atom stereocenters. The van der Waals surface area contributed by atoms with Crippen LogP contribution in [0.3, 0.4) is 0 Å². The number of alkyl carbamates (subject to hydrolysis) is 1. The number of likely N-dealkylation sites (tertiary alicyclic amines) is 1. The van der Waals surface area contributed by atoms with Crippen molar-refractivity contribution in [3.05, 3.63) is 83.9 Å². The van der Waals surface area contributed by atoms with E-state index in [4.69, 9.17) is 9.47 Å². The Morgan fingerprint density at radius 1 is 0.809 bits per heavy atom. The molecule has 2 fully saturated rings. The molecule has 68 heavy (non-hydrogen) atoms. The number of amides is 5. The Kier molecular flexibility index (Phi) is 20.2. The number of carbonyl (C=O) groups is 6. The standard InChI is InChI=1S/C53H79N6O9/c1-35(2)30-40(49(64)68-51(5,6)7)27-26-39(31-37-20-14-12-15-21-37)48(63)58-29-19-25-43(58)46(61)57-44(36(3)4)47(62)56-42(24-18-28-54-50(65)67-34-38-22-16-13-17-23-38)45(60)55-41-32-52(8,9)59(66)53(10,11)33-41/h12-17,20-23,26-27,35-36,39-44H,18-19,24-25,28-34H2,1-11H3,(H,54,65)(H,55,60)(H,56,62)(H,57,61)/b27-26+/t39-,40-,42+,43+,44+/m1/s1. The smallest absolute Gasteiger partial charge is 0.407 e. The first-order chi connectivity index (χ1) is 31.9. The maximum absolute atomic E-state index is 14.6. The first-order valence-electron chi connectivity index (χ1n) is 24.5. The second kappa shape index (κ2) is 24.8. The number of ether oxygens (including phenoxy) is 2. The predicted molar refractivity (Wildman–Crippen MR) is 261 cm³/mol. The van der Waals surface area contributed by atoms with E-state index in [1.54, 1.807) is 30.9 Å². The van der Waals surface area contributed by atoms with Crippen molar-refractivity contribution in [2.24, 2.45) is 23.7 Å². The summed E-state index contributed by atoms with van der Waals surface area (Å²) in [5, 5.41) is 25.8. The Morgan fingerprint density at radius 2 is 1.40 bits per heavy atom. The third kappa shape index (κ3) is 17.0. The van der Waals surface area contributed by atoms with Gasteiger partial charge in [0.25, 0.3) is 0 Å². The highest BCUT2D eigenvalue weighted by Gasteiger charge is 2.47. The number of piperidine rings is 1. The molecule has 2 aromatic carbocycles. The van der Waals surface area contributed by atoms with Gasteiger partial charge in [0.2, 0.25) is 23.6 Å². The maximum atomic E-state index is 14.6. The van der Waals surface area contributed by atoms with E-state index in [0.717, 1.165) is 16.2 Å². The molecule has 0 aromatic heterocycles. The highest BCUT2D eigenvalue weighted by Crippen LogP contribution is 2.37. The van der Waals surface area contributed by atoms with E-state index < -0.39 is 76.4 Å². The third-order valence-electron chi connectivity index (χ3n) is 12.4. The lowest BCUT2D eigenvalue weighted by Gasteiger charge is -2.50. The summed E-state index contributed by atoms with van der Waals surface area (Å²) in [7, 11) is 0. The van der Waals surface area contributed by atoms with Crippen LogP contribution in [-0.2, 0) is 51.7 Å². The zero-order valence-electron chi connectivity index (χ0n) is 42.4. The molecular weight excluding hydrogens is 865 g/mol. The summed E-state index contributed by atoms with van der Waals surface area (Å²) in [5.74, 6) is -3.60. The fraction of sp³-hybridized carbons (Fsp3) is 0.623. The molecule has 0 unspecified atom stereocenters. The van der Waals surface area contributed by atoms with Gasteiger partial charge in [-0.05, 0) is 123 Å². The molecule has 0 spiro atoms. The molecule has 15 heteroatoms. The van der Waals surface area contributed by atoms with Crippen LogP contribution >= 0.6 is 0 Å². The molecule has 2 aliphatic rings. The minimum absolute atomic E-state index is 0.0950. The predicted octanol–water partition coefficient (Wildman–Crippen LogP) is 7.21. The Labute approximate surface area is 404 Å². The number of nitrogens with zero attached hydrogens (tertiary/aromatic N) is 2. The molecule has 4 N–H and O–H groups in total. The molecule has 2 heterocycles. The van der Waals surface area contributed by atoms with Gasteiger partial charge in [-0.25, -0.2) is 4.79 Å². The minimum Gasteiger partial charge on any atom is -0.460 e. The summed E-state index contributed by atoms with van der Waals surface area (Å²) in [5.41, 5.74) is -0.428. The number of nitrogens with one attached hydrogen (secondary N) is 4. The van der Waals surface area contributed by atoms with E-state index in [1.165, 1.54) is 0 Å². The molecule has 0 aliphatic carbocycles. The maximum Gasteiger partial charge on any atom is 0.407 e. The highest BCUT2D eigenvalue weighted by molar-refractivity contribution is 5.95. The second-order valence-electron chi connectivity index (χ2n) is 21.6. The summed E-state index contributed by atoms with van der Waals surface area (Å²) >= 11 is 0. The molecule has 4 rings (SSSR count). The summed E-state index contributed by atoms with van der Waals surface area (Å²) < 4.78 is 11.1. The number of carbonyl (C=O) groups excluding carboxylic acids is 6. The van der Waals surface area contributed by atoms with Gasteiger partial charge in [0, 0.05) is 30.2 Å². The zero-order chi connectivity index (χ0) is 50.4. The lowest BCUT2D eigenvalue weighted by atomic mass is 9.79. The Balaban J connectivity index is 1.50. The quantitative estimate of drug-likeness (QED) is 0.0568. The van der Waals surface area contributed by atoms with Gasteiger partial charge in [0.1, 0.15) is 30.3 Å². The lowest BCUT2D eigenvalue weighted by molar-refractivity contribution is -0.290. The van der Waals surface area contributed by atoms with E-state index in [2.05, 4.69) is 21.3 Å². The number of benzene rings is 2. The average Bonchev–Trinajstić information content (AvgIpc) is 3.75. The number of hydrogen-bond donors (Lipinski definition) is 4. The Morgan fingerprint density at radius 3 is 1.97 bits per heavy atom. The van der Waals surface area contributed by atoms with Crippen molar-refractivity contribution >= 4 is 35.7 Å². The molecule has 1 radical (unpaired) electrons. The van der Waals surface area contributed by atoms with Crippen molar-refractivity contribution in [2.45, 2.75) is 175 Å². The van der Waals surface area contributed by atoms with Crippen molar-refractivity contribution in [1.29, 1.82) is 0 Å². The van der Waals surface area contributed by atoms with Gasteiger partial charge in [-0.2, -0.15) is 0 Å². The first kappa shape index (κ1) is 55.3. The number of hydroxylamine groups is 2. The second-order valence-corrected chi connectivity index (χ2v) is 21.6. The molecular formula is C53H79N6O9. The van der Waals surface area contributed by atoms with Crippen LogP contribution in [0.15, 0.2) is 72.8 Å². The van der Waals surface area contributed by atoms with Gasteiger partial charge < -0.3 is 35.6 Å². The van der Waals surface area contributed by atoms with Gasteiger partial charge in [-0.15, -0.1) is 10.3 Å². The summed E-state index contributed by atoms with van der Waals surface area (Å²) in [6, 6.07) is 15.5. The van der Waals surface area contributed by atoms with Gasteiger partial charge in [0.15, 0.2) is 0 Å². The van der Waals surface area contributed by atoms with Crippen molar-refractivity contribution < 1.29 is 43.4 Å². The summed E-state index contributed by atoms with van der Waals surface area (Å²) in [6.45, 7) is 21.1. The summed E-state index contributed by atoms with van der Waals surface area (Å²) in [6.07, 6.45) is 6.03. The van der Waals surface area contributed by atoms with E-state index >= 15 is 0 Å². The molecule has 2 aliphatic heterocycles. The van der Waals surface area contributed by atoms with E-state index in [-0.39, 0.29) is 43.4 Å². The molecule has 2 aromatic rings. The molecule has 0 saturated carbocycles. The van der Waals surface area contributed by atoms with Gasteiger partial charge >= 0.3 is 12.1 Å². The van der Waals surface area contributed by atoms with Crippen molar-refractivity contribution in [3.8, 4) is 0 Å². The van der Waals surface area contributed by atoms with Crippen molar-refractivity contribution in [2.75, 3.05) is 13.1 Å². The normalized spacial score (nSPS) is 19.2. The zero-order valence-corrected chi connectivity index (χ0v) is 42.4. The lowest BCUT2D eigenvalue weighted by Crippen LogP contribution is -2.64. The largest absolute Gasteiger partial charge is 0.460 e. The Bertz CT molecular complexity index is 2000.